The van der Waals surface area contributed by atoms with Crippen molar-refractivity contribution in [2.24, 2.45) is 0 Å². The number of benzene rings is 2. The smallest absolute Gasteiger partial charge is 0.203 e. The van der Waals surface area contributed by atoms with Gasteiger partial charge in [0.2, 0.25) is 9.84 Å². The second-order valence-electron chi connectivity index (χ2n) is 7.35. The standard InChI is InChI=1S/C22H24F3NO3S/c1-13-18(23)12-17(22(25)21(13)24)20-14(2)30(28,29)19-11-15(6-7-16(19)20)5-3-4-8-26-9-10-27/h6-7,11-12,26-27H,3-5,8-10H2,1-2H3. The number of aliphatic hydroxyl groups excluding tert-OH is 1. The van der Waals surface area contributed by atoms with Crippen molar-refractivity contribution >= 4 is 15.4 Å². The molecule has 8 heteroatoms. The normalized spacial score (nSPS) is 15.0. The number of sulfone groups is 1. The maximum absolute atomic E-state index is 14.6. The Kier molecular flexibility index (Phi) is 6.69. The average Bonchev–Trinajstić information content (AvgIpc) is 2.92. The lowest BCUT2D eigenvalue weighted by molar-refractivity contribution is 0.292. The van der Waals surface area contributed by atoms with Crippen molar-refractivity contribution in [3.63, 3.8) is 0 Å². The molecule has 0 atom stereocenters. The van der Waals surface area contributed by atoms with Crippen LogP contribution in [0.1, 0.15) is 42.0 Å². The second-order valence-corrected chi connectivity index (χ2v) is 9.41. The summed E-state index contributed by atoms with van der Waals surface area (Å²) in [7, 11) is -3.87. The molecule has 0 bridgehead atoms. The van der Waals surface area contributed by atoms with Crippen molar-refractivity contribution in [1.29, 1.82) is 0 Å². The molecule has 0 aliphatic carbocycles. The molecule has 162 valence electrons. The summed E-state index contributed by atoms with van der Waals surface area (Å²) in [5, 5.41) is 11.8. The summed E-state index contributed by atoms with van der Waals surface area (Å²) in [5.41, 5.74) is 0.232. The van der Waals surface area contributed by atoms with Crippen LogP contribution in [0.15, 0.2) is 34.1 Å². The lowest BCUT2D eigenvalue weighted by Gasteiger charge is -2.11. The fourth-order valence-electron chi connectivity index (χ4n) is 3.63. The molecule has 0 aromatic heterocycles. The van der Waals surface area contributed by atoms with Gasteiger partial charge in [-0.25, -0.2) is 21.6 Å². The van der Waals surface area contributed by atoms with E-state index in [0.29, 0.717) is 13.0 Å². The van der Waals surface area contributed by atoms with Gasteiger partial charge in [-0.2, -0.15) is 0 Å². The molecule has 2 aromatic carbocycles. The van der Waals surface area contributed by atoms with Crippen molar-refractivity contribution in [1.82, 2.24) is 5.32 Å². The van der Waals surface area contributed by atoms with Gasteiger partial charge in [-0.1, -0.05) is 12.1 Å². The summed E-state index contributed by atoms with van der Waals surface area (Å²) in [6.45, 7) is 3.81. The van der Waals surface area contributed by atoms with Gasteiger partial charge in [0.1, 0.15) is 5.82 Å². The monoisotopic (exact) mass is 439 g/mol. The van der Waals surface area contributed by atoms with Crippen molar-refractivity contribution < 1.29 is 26.7 Å². The number of halogens is 3. The van der Waals surface area contributed by atoms with Crippen LogP contribution >= 0.6 is 0 Å². The van der Waals surface area contributed by atoms with Crippen molar-refractivity contribution in [3.8, 4) is 0 Å². The van der Waals surface area contributed by atoms with Gasteiger partial charge < -0.3 is 10.4 Å². The lowest BCUT2D eigenvalue weighted by atomic mass is 9.94. The molecule has 30 heavy (non-hydrogen) atoms. The number of fused-ring (bicyclic) bond motifs is 1. The van der Waals surface area contributed by atoms with E-state index in [9.17, 15) is 21.6 Å². The summed E-state index contributed by atoms with van der Waals surface area (Å²) in [6.07, 6.45) is 2.33. The minimum Gasteiger partial charge on any atom is -0.395 e. The highest BCUT2D eigenvalue weighted by molar-refractivity contribution is 7.95. The highest BCUT2D eigenvalue weighted by atomic mass is 32.2. The Hall–Kier alpha value is -2.16. The Morgan fingerprint density at radius 1 is 0.967 bits per heavy atom. The number of aryl methyl sites for hydroxylation is 1. The van der Waals surface area contributed by atoms with Crippen LogP contribution in [0.2, 0.25) is 0 Å². The maximum Gasteiger partial charge on any atom is 0.203 e. The van der Waals surface area contributed by atoms with Crippen molar-refractivity contribution in [2.45, 2.75) is 38.0 Å². The quantitative estimate of drug-likeness (QED) is 0.484. The fourth-order valence-corrected chi connectivity index (χ4v) is 5.21. The van der Waals surface area contributed by atoms with Gasteiger partial charge in [-0.15, -0.1) is 0 Å². The topological polar surface area (TPSA) is 66.4 Å². The van der Waals surface area contributed by atoms with Gasteiger partial charge in [0.25, 0.3) is 0 Å². The molecule has 0 saturated carbocycles. The van der Waals surface area contributed by atoms with E-state index in [1.54, 1.807) is 18.2 Å². The zero-order valence-corrected chi connectivity index (χ0v) is 17.7. The van der Waals surface area contributed by atoms with E-state index in [-0.39, 0.29) is 27.5 Å². The number of nitrogens with one attached hydrogen (secondary N) is 1. The van der Waals surface area contributed by atoms with Gasteiger partial charge in [0, 0.05) is 28.8 Å². The van der Waals surface area contributed by atoms with Crippen LogP contribution in [0.3, 0.4) is 0 Å². The summed E-state index contributed by atoms with van der Waals surface area (Å²) in [5.74, 6) is -3.50. The first-order valence-corrected chi connectivity index (χ1v) is 11.2. The molecule has 0 radical (unpaired) electrons. The molecule has 2 N–H and O–H groups in total. The second kappa shape index (κ2) is 8.91. The number of allylic oxidation sites excluding steroid dienone is 1. The zero-order valence-electron chi connectivity index (χ0n) is 16.9. The van der Waals surface area contributed by atoms with Crippen LogP contribution in [-0.2, 0) is 16.3 Å². The first kappa shape index (κ1) is 22.5. The molecule has 1 heterocycles. The van der Waals surface area contributed by atoms with Crippen molar-refractivity contribution in [2.75, 3.05) is 19.7 Å². The molecular weight excluding hydrogens is 415 g/mol. The fraction of sp³-hybridized carbons (Fsp3) is 0.364. The first-order chi connectivity index (χ1) is 14.2. The molecule has 3 rings (SSSR count). The van der Waals surface area contributed by atoms with E-state index < -0.39 is 38.4 Å². The summed E-state index contributed by atoms with van der Waals surface area (Å²) < 4.78 is 68.6. The van der Waals surface area contributed by atoms with Crippen molar-refractivity contribution in [3.05, 3.63) is 68.9 Å². The largest absolute Gasteiger partial charge is 0.395 e. The van der Waals surface area contributed by atoms with Gasteiger partial charge in [0.15, 0.2) is 11.6 Å². The molecule has 0 fully saturated rings. The molecule has 0 saturated heterocycles. The lowest BCUT2D eigenvalue weighted by Crippen LogP contribution is -2.19. The van der Waals surface area contributed by atoms with E-state index >= 15 is 0 Å². The van der Waals surface area contributed by atoms with Crippen LogP contribution in [-0.4, -0.2) is 33.2 Å². The maximum atomic E-state index is 14.6. The Bertz CT molecular complexity index is 1110. The summed E-state index contributed by atoms with van der Waals surface area (Å²) in [6, 6.07) is 5.74. The van der Waals surface area contributed by atoms with E-state index in [1.165, 1.54) is 6.92 Å². The molecule has 2 aromatic rings. The molecule has 0 amide bonds. The van der Waals surface area contributed by atoms with E-state index in [4.69, 9.17) is 5.11 Å². The molecule has 0 spiro atoms. The number of rotatable bonds is 8. The van der Waals surface area contributed by atoms with Gasteiger partial charge >= 0.3 is 0 Å². The third-order valence-electron chi connectivity index (χ3n) is 5.37. The zero-order chi connectivity index (χ0) is 22.1. The summed E-state index contributed by atoms with van der Waals surface area (Å²) in [4.78, 5) is -0.0869. The van der Waals surface area contributed by atoms with Gasteiger partial charge in [-0.3, -0.25) is 0 Å². The number of hydrogen-bond donors (Lipinski definition) is 2. The molecule has 0 unspecified atom stereocenters. The predicted molar refractivity (Wildman–Crippen MR) is 109 cm³/mol. The predicted octanol–water partition coefficient (Wildman–Crippen LogP) is 3.88. The van der Waals surface area contributed by atoms with Crippen LogP contribution in [0.25, 0.3) is 5.57 Å². The van der Waals surface area contributed by atoms with Crippen LogP contribution in [0.5, 0.6) is 0 Å². The van der Waals surface area contributed by atoms with Gasteiger partial charge in [-0.05, 0) is 57.4 Å². The van der Waals surface area contributed by atoms with E-state index in [0.717, 1.165) is 37.9 Å². The molecule has 1 aliphatic heterocycles. The minimum atomic E-state index is -3.87. The SMILES string of the molecule is CC1=C(c2cc(F)c(C)c(F)c2F)c2ccc(CCCCNCCO)cc2S1(=O)=O. The number of hydrogen-bond acceptors (Lipinski definition) is 4. The molecule has 1 aliphatic rings. The Morgan fingerprint density at radius 3 is 2.40 bits per heavy atom. The Balaban J connectivity index is 1.93. The van der Waals surface area contributed by atoms with Crippen LogP contribution < -0.4 is 5.32 Å². The summed E-state index contributed by atoms with van der Waals surface area (Å²) >= 11 is 0. The highest BCUT2D eigenvalue weighted by Gasteiger charge is 2.35. The molecule has 4 nitrogen and oxygen atoms in total. The van der Waals surface area contributed by atoms with Crippen LogP contribution in [0.4, 0.5) is 13.2 Å². The highest BCUT2D eigenvalue weighted by Crippen LogP contribution is 2.44. The third-order valence-corrected chi connectivity index (χ3v) is 7.30. The molecular formula is C22H24F3NO3S. The van der Waals surface area contributed by atoms with E-state index in [2.05, 4.69) is 5.32 Å². The minimum absolute atomic E-state index is 0.0000495. The Morgan fingerprint density at radius 2 is 1.70 bits per heavy atom. The van der Waals surface area contributed by atoms with Crippen LogP contribution in [0, 0.1) is 24.4 Å². The third kappa shape index (κ3) is 4.04. The first-order valence-electron chi connectivity index (χ1n) is 9.75. The average molecular weight is 439 g/mol. The Labute approximate surface area is 174 Å². The number of aliphatic hydroxyl groups is 1. The van der Waals surface area contributed by atoms with E-state index in [1.807, 2.05) is 0 Å². The van der Waals surface area contributed by atoms with Gasteiger partial charge in [0.05, 0.1) is 16.4 Å². The number of unbranched alkanes of at least 4 members (excludes halogenated alkanes) is 1.